The molecule has 2 aliphatic rings. The number of amides is 1. The van der Waals surface area contributed by atoms with Crippen LogP contribution in [0.5, 0.6) is 0 Å². The van der Waals surface area contributed by atoms with Gasteiger partial charge in [-0.15, -0.1) is 0 Å². The van der Waals surface area contributed by atoms with Gasteiger partial charge in [0, 0.05) is 37.4 Å². The second-order valence-corrected chi connectivity index (χ2v) is 7.83. The number of sulfonamides is 1. The first-order valence-electron chi connectivity index (χ1n) is 7.62. The molecule has 1 aromatic carbocycles. The highest BCUT2D eigenvalue weighted by Gasteiger charge is 2.37. The number of nitrogens with two attached hydrogens (primary N) is 1. The van der Waals surface area contributed by atoms with E-state index in [1.807, 2.05) is 24.3 Å². The maximum Gasteiger partial charge on any atom is 0.228 e. The maximum atomic E-state index is 12.0. The summed E-state index contributed by atoms with van der Waals surface area (Å²) in [4.78, 5) is 15.9. The van der Waals surface area contributed by atoms with E-state index in [1.54, 1.807) is 0 Å². The fraction of sp³-hybridized carbons (Fsp3) is 0.533. The van der Waals surface area contributed by atoms with Crippen LogP contribution in [0.25, 0.3) is 0 Å². The first-order chi connectivity index (χ1) is 10.4. The molecule has 7 heteroatoms. The smallest absolute Gasteiger partial charge is 0.228 e. The Kier molecular flexibility index (Phi) is 4.10. The SMILES string of the molecule is NS(=O)(=O)C1CC(=O)N(c2ccc(N3CCCCC3)cc2)C1. The zero-order chi connectivity index (χ0) is 15.7. The van der Waals surface area contributed by atoms with Crippen LogP contribution < -0.4 is 14.9 Å². The van der Waals surface area contributed by atoms with Crippen molar-refractivity contribution in [2.75, 3.05) is 29.4 Å². The maximum absolute atomic E-state index is 12.0. The molecule has 3 rings (SSSR count). The molecule has 0 bridgehead atoms. The van der Waals surface area contributed by atoms with Gasteiger partial charge in [0.15, 0.2) is 0 Å². The van der Waals surface area contributed by atoms with Crippen molar-refractivity contribution in [3.8, 4) is 0 Å². The van der Waals surface area contributed by atoms with Gasteiger partial charge in [-0.2, -0.15) is 0 Å². The van der Waals surface area contributed by atoms with Crippen molar-refractivity contribution in [2.45, 2.75) is 30.9 Å². The van der Waals surface area contributed by atoms with E-state index >= 15 is 0 Å². The van der Waals surface area contributed by atoms with E-state index in [1.165, 1.54) is 24.2 Å². The van der Waals surface area contributed by atoms with Gasteiger partial charge in [-0.05, 0) is 43.5 Å². The highest BCUT2D eigenvalue weighted by atomic mass is 32.2. The Bertz CT molecular complexity index is 651. The lowest BCUT2D eigenvalue weighted by atomic mass is 10.1. The van der Waals surface area contributed by atoms with Gasteiger partial charge in [0.05, 0.1) is 0 Å². The van der Waals surface area contributed by atoms with Crippen LogP contribution in [0.2, 0.25) is 0 Å². The molecule has 2 heterocycles. The fourth-order valence-electron chi connectivity index (χ4n) is 3.14. The predicted octanol–water partition coefficient (Wildman–Crippen LogP) is 1.07. The molecule has 2 aliphatic heterocycles. The van der Waals surface area contributed by atoms with Gasteiger partial charge in [0.25, 0.3) is 0 Å². The number of benzene rings is 1. The van der Waals surface area contributed by atoms with E-state index in [0.29, 0.717) is 0 Å². The number of hydrogen-bond acceptors (Lipinski definition) is 4. The van der Waals surface area contributed by atoms with Crippen LogP contribution in [0.4, 0.5) is 11.4 Å². The summed E-state index contributed by atoms with van der Waals surface area (Å²) in [6, 6.07) is 7.76. The fourth-order valence-corrected chi connectivity index (χ4v) is 3.87. The molecule has 0 spiro atoms. The van der Waals surface area contributed by atoms with E-state index in [-0.39, 0.29) is 18.9 Å². The van der Waals surface area contributed by atoms with Crippen LogP contribution in [-0.2, 0) is 14.8 Å². The Morgan fingerprint density at radius 2 is 1.59 bits per heavy atom. The summed E-state index contributed by atoms with van der Waals surface area (Å²) in [5, 5.41) is 4.35. The molecule has 0 radical (unpaired) electrons. The van der Waals surface area contributed by atoms with E-state index in [9.17, 15) is 13.2 Å². The molecular formula is C15H21N3O3S. The van der Waals surface area contributed by atoms with Crippen LogP contribution >= 0.6 is 0 Å². The van der Waals surface area contributed by atoms with Crippen LogP contribution in [0.1, 0.15) is 25.7 Å². The second kappa shape index (κ2) is 5.89. The van der Waals surface area contributed by atoms with Gasteiger partial charge < -0.3 is 9.80 Å². The summed E-state index contributed by atoms with van der Waals surface area (Å²) >= 11 is 0. The van der Waals surface area contributed by atoms with Crippen LogP contribution in [0, 0.1) is 0 Å². The number of anilines is 2. The van der Waals surface area contributed by atoms with E-state index in [2.05, 4.69) is 4.90 Å². The molecule has 22 heavy (non-hydrogen) atoms. The average Bonchev–Trinajstić information content (AvgIpc) is 2.90. The number of rotatable bonds is 3. The molecule has 0 aromatic heterocycles. The Labute approximate surface area is 130 Å². The molecule has 2 N–H and O–H groups in total. The highest BCUT2D eigenvalue weighted by Crippen LogP contribution is 2.27. The third-order valence-electron chi connectivity index (χ3n) is 4.44. The number of nitrogens with zero attached hydrogens (tertiary/aromatic N) is 2. The van der Waals surface area contributed by atoms with Gasteiger partial charge in [-0.1, -0.05) is 0 Å². The largest absolute Gasteiger partial charge is 0.372 e. The van der Waals surface area contributed by atoms with Gasteiger partial charge in [0.2, 0.25) is 15.9 Å². The Morgan fingerprint density at radius 3 is 2.14 bits per heavy atom. The van der Waals surface area contributed by atoms with Crippen LogP contribution in [0.15, 0.2) is 24.3 Å². The lowest BCUT2D eigenvalue weighted by Crippen LogP contribution is -2.32. The van der Waals surface area contributed by atoms with Gasteiger partial charge in [-0.25, -0.2) is 13.6 Å². The minimum atomic E-state index is -3.67. The lowest BCUT2D eigenvalue weighted by Gasteiger charge is -2.29. The highest BCUT2D eigenvalue weighted by molar-refractivity contribution is 7.89. The normalized spacial score (nSPS) is 23.1. The topological polar surface area (TPSA) is 83.7 Å². The van der Waals surface area contributed by atoms with E-state index in [0.717, 1.165) is 24.5 Å². The van der Waals surface area contributed by atoms with Gasteiger partial charge in [0.1, 0.15) is 5.25 Å². The van der Waals surface area contributed by atoms with Gasteiger partial charge >= 0.3 is 0 Å². The van der Waals surface area contributed by atoms with Crippen molar-refractivity contribution in [1.29, 1.82) is 0 Å². The molecule has 2 saturated heterocycles. The van der Waals surface area contributed by atoms with E-state index < -0.39 is 15.3 Å². The summed E-state index contributed by atoms with van der Waals surface area (Å²) < 4.78 is 22.8. The monoisotopic (exact) mass is 323 g/mol. The number of primary sulfonamides is 1. The number of carbonyl (C=O) groups is 1. The van der Waals surface area contributed by atoms with Crippen LogP contribution in [-0.4, -0.2) is 39.2 Å². The Balaban J connectivity index is 1.74. The second-order valence-electron chi connectivity index (χ2n) is 5.98. The summed E-state index contributed by atoms with van der Waals surface area (Å²) in [5.41, 5.74) is 1.88. The first-order valence-corrected chi connectivity index (χ1v) is 9.23. The van der Waals surface area contributed by atoms with Crippen molar-refractivity contribution in [1.82, 2.24) is 0 Å². The molecule has 0 saturated carbocycles. The third kappa shape index (κ3) is 3.10. The standard InChI is InChI=1S/C15H21N3O3S/c16-22(20,21)14-10-15(19)18(11-14)13-6-4-12(5-7-13)17-8-2-1-3-9-17/h4-7,14H,1-3,8-11H2,(H2,16,20,21). The zero-order valence-corrected chi connectivity index (χ0v) is 13.3. The quantitative estimate of drug-likeness (QED) is 0.902. The van der Waals surface area contributed by atoms with Crippen molar-refractivity contribution < 1.29 is 13.2 Å². The molecule has 120 valence electrons. The van der Waals surface area contributed by atoms with Crippen molar-refractivity contribution >= 4 is 27.3 Å². The number of hydrogen-bond donors (Lipinski definition) is 1. The summed E-state index contributed by atoms with van der Waals surface area (Å²) in [6.45, 7) is 2.27. The summed E-state index contributed by atoms with van der Waals surface area (Å²) in [7, 11) is -3.67. The molecular weight excluding hydrogens is 302 g/mol. The first kappa shape index (κ1) is 15.3. The molecule has 1 unspecified atom stereocenters. The molecule has 1 aromatic rings. The molecule has 1 atom stereocenters. The zero-order valence-electron chi connectivity index (χ0n) is 12.4. The minimum Gasteiger partial charge on any atom is -0.372 e. The van der Waals surface area contributed by atoms with E-state index in [4.69, 9.17) is 5.14 Å². The predicted molar refractivity (Wildman–Crippen MR) is 86.4 cm³/mol. The molecule has 6 nitrogen and oxygen atoms in total. The van der Waals surface area contributed by atoms with Crippen molar-refractivity contribution in [3.63, 3.8) is 0 Å². The number of piperidine rings is 1. The summed E-state index contributed by atoms with van der Waals surface area (Å²) in [6.07, 6.45) is 3.67. The lowest BCUT2D eigenvalue weighted by molar-refractivity contribution is -0.117. The number of carbonyl (C=O) groups excluding carboxylic acids is 1. The van der Waals surface area contributed by atoms with Crippen molar-refractivity contribution in [3.05, 3.63) is 24.3 Å². The van der Waals surface area contributed by atoms with Crippen molar-refractivity contribution in [2.24, 2.45) is 5.14 Å². The Hall–Kier alpha value is -1.60. The Morgan fingerprint density at radius 1 is 1.00 bits per heavy atom. The third-order valence-corrected chi connectivity index (χ3v) is 5.68. The summed E-state index contributed by atoms with van der Waals surface area (Å²) in [5.74, 6) is -0.190. The molecule has 1 amide bonds. The molecule has 2 fully saturated rings. The van der Waals surface area contributed by atoms with Crippen LogP contribution in [0.3, 0.4) is 0 Å². The minimum absolute atomic E-state index is 0.0350. The average molecular weight is 323 g/mol. The molecule has 0 aliphatic carbocycles. The van der Waals surface area contributed by atoms with Gasteiger partial charge in [-0.3, -0.25) is 4.79 Å².